The molecule has 0 N–H and O–H groups in total. The van der Waals surface area contributed by atoms with Gasteiger partial charge in [-0.15, -0.1) is 0 Å². The third-order valence-corrected chi connectivity index (χ3v) is 18.0. The van der Waals surface area contributed by atoms with Gasteiger partial charge in [0.25, 0.3) is 0 Å². The van der Waals surface area contributed by atoms with Crippen molar-refractivity contribution in [3.05, 3.63) is 182 Å². The minimum Gasteiger partial charge on any atom is -1.00 e. The average molecular weight is 679 g/mol. The van der Waals surface area contributed by atoms with E-state index in [0.717, 1.165) is 0 Å². The summed E-state index contributed by atoms with van der Waals surface area (Å²) in [7, 11) is -2.30. The summed E-state index contributed by atoms with van der Waals surface area (Å²) in [5.74, 6) is 0. The Labute approximate surface area is 262 Å². The molecule has 0 aliphatic carbocycles. The van der Waals surface area contributed by atoms with Crippen molar-refractivity contribution in [2.45, 2.75) is 6.92 Å². The molecule has 202 valence electrons. The van der Waals surface area contributed by atoms with Gasteiger partial charge in [0.05, 0.1) is 5.03 Å². The van der Waals surface area contributed by atoms with E-state index < -0.39 is 14.1 Å². The molecule has 0 heterocycles. The molecule has 0 nitrogen and oxygen atoms in total. The van der Waals surface area contributed by atoms with Crippen LogP contribution in [-0.2, 0) is 0 Å². The monoisotopic (exact) mass is 678 g/mol. The molecule has 0 fully saturated rings. The number of hydrogen-bond acceptors (Lipinski definition) is 0. The van der Waals surface area contributed by atoms with Crippen LogP contribution in [0.5, 0.6) is 0 Å². The first-order valence-corrected chi connectivity index (χ1v) is 17.3. The summed E-state index contributed by atoms with van der Waals surface area (Å²) < 4.78 is 0. The zero-order chi connectivity index (χ0) is 27.3. The van der Waals surface area contributed by atoms with E-state index in [1.165, 1.54) is 31.8 Å². The maximum Gasteiger partial charge on any atom is 0.140 e. The van der Waals surface area contributed by atoms with Gasteiger partial charge in [0.2, 0.25) is 0 Å². The van der Waals surface area contributed by atoms with Crippen LogP contribution in [0.4, 0.5) is 0 Å². The summed E-state index contributed by atoms with van der Waals surface area (Å²) in [6.07, 6.45) is 0. The van der Waals surface area contributed by atoms with Crippen molar-refractivity contribution >= 4 is 51.0 Å². The molecular formula is C38H33IP2. The van der Waals surface area contributed by atoms with E-state index in [1.54, 1.807) is 5.03 Å². The molecule has 0 amide bonds. The minimum atomic E-state index is -2.30. The Bertz CT molecular complexity index is 1520. The van der Waals surface area contributed by atoms with Gasteiger partial charge >= 0.3 is 0 Å². The lowest BCUT2D eigenvalue weighted by atomic mass is 10.4. The van der Waals surface area contributed by atoms with Gasteiger partial charge in [-0.1, -0.05) is 146 Å². The molecule has 6 aromatic carbocycles. The summed E-state index contributed by atoms with van der Waals surface area (Å²) in [5, 5.41) is 9.87. The molecule has 0 saturated heterocycles. The lowest BCUT2D eigenvalue weighted by Gasteiger charge is -2.37. The minimum absolute atomic E-state index is 0. The molecule has 6 rings (SSSR count). The van der Waals surface area contributed by atoms with Crippen molar-refractivity contribution < 1.29 is 24.0 Å². The largest absolute Gasteiger partial charge is 1.00 e. The molecule has 0 spiro atoms. The van der Waals surface area contributed by atoms with Gasteiger partial charge in [0.1, 0.15) is 23.2 Å². The van der Waals surface area contributed by atoms with Gasteiger partial charge in [-0.3, -0.25) is 0 Å². The van der Waals surface area contributed by atoms with E-state index in [0.29, 0.717) is 0 Å². The third kappa shape index (κ3) is 5.17. The van der Waals surface area contributed by atoms with Crippen LogP contribution in [-0.4, -0.2) is 5.03 Å². The van der Waals surface area contributed by atoms with Gasteiger partial charge in [-0.25, -0.2) is 0 Å². The number of benzene rings is 6. The van der Waals surface area contributed by atoms with E-state index in [2.05, 4.69) is 189 Å². The van der Waals surface area contributed by atoms with E-state index in [1.807, 2.05) is 0 Å². The van der Waals surface area contributed by atoms with Crippen LogP contribution >= 0.6 is 14.1 Å². The Morgan fingerprint density at radius 2 is 0.585 bits per heavy atom. The van der Waals surface area contributed by atoms with Gasteiger partial charge in [0.15, 0.2) is 0 Å². The second-order valence-electron chi connectivity index (χ2n) is 9.90. The summed E-state index contributed by atoms with van der Waals surface area (Å²) in [6.45, 7) is 0.178. The Morgan fingerprint density at radius 3 is 0.829 bits per heavy atom. The summed E-state index contributed by atoms with van der Waals surface area (Å²) >= 11 is 0. The maximum atomic E-state index is 2.47. The molecule has 0 unspecified atom stereocenters. The molecule has 3 heteroatoms. The van der Waals surface area contributed by atoms with Crippen molar-refractivity contribution in [2.24, 2.45) is 0 Å². The normalized spacial score (nSPS) is 11.3. The van der Waals surface area contributed by atoms with Gasteiger partial charge in [0, 0.05) is 6.89 Å². The lowest BCUT2D eigenvalue weighted by Crippen LogP contribution is -3.00. The zero-order valence-corrected chi connectivity index (χ0v) is 27.0. The highest BCUT2D eigenvalue weighted by atomic mass is 127. The standard InChI is InChI=1S/C38H33P2.HI/c1-32(39(33-20-8-2-9-21-33,34-22-10-3-11-23-34)35-24-12-4-13-25-35)40(36-26-14-5-15-27-36,37-28-16-6-17-29-37)38-30-18-7-19-31-38;/h2-31H,1H3;1H/q+1;/p-1. The second-order valence-corrected chi connectivity index (χ2v) is 17.4. The molecule has 0 atom stereocenters. The van der Waals surface area contributed by atoms with Gasteiger partial charge in [-0.05, 0) is 59.2 Å². The molecule has 41 heavy (non-hydrogen) atoms. The van der Waals surface area contributed by atoms with Crippen LogP contribution in [0.3, 0.4) is 0 Å². The van der Waals surface area contributed by atoms with Crippen LogP contribution in [0.25, 0.3) is 0 Å². The van der Waals surface area contributed by atoms with Crippen LogP contribution < -0.4 is 55.8 Å². The van der Waals surface area contributed by atoms with E-state index in [4.69, 9.17) is 0 Å². The van der Waals surface area contributed by atoms with Crippen molar-refractivity contribution in [3.8, 4) is 0 Å². The lowest BCUT2D eigenvalue weighted by molar-refractivity contribution is -0.00000757. The highest BCUT2D eigenvalue weighted by Crippen LogP contribution is 2.65. The van der Waals surface area contributed by atoms with Gasteiger partial charge in [-0.2, -0.15) is 0 Å². The quantitative estimate of drug-likeness (QED) is 0.176. The summed E-state index contributed by atoms with van der Waals surface area (Å²) in [6, 6.07) is 67.5. The van der Waals surface area contributed by atoms with Crippen LogP contribution in [0.15, 0.2) is 182 Å². The number of rotatable bonds is 7. The molecule has 6 aromatic rings. The van der Waals surface area contributed by atoms with Crippen molar-refractivity contribution in [1.82, 2.24) is 0 Å². The average Bonchev–Trinajstić information content (AvgIpc) is 3.05. The fourth-order valence-electron chi connectivity index (χ4n) is 6.15. The van der Waals surface area contributed by atoms with Crippen molar-refractivity contribution in [3.63, 3.8) is 0 Å². The predicted octanol–water partition coefficient (Wildman–Crippen LogP) is 4.13. The maximum absolute atomic E-state index is 2.47. The van der Waals surface area contributed by atoms with Crippen LogP contribution in [0, 0.1) is 0 Å². The number of halogens is 1. The molecule has 0 aliphatic heterocycles. The van der Waals surface area contributed by atoms with Gasteiger partial charge < -0.3 is 24.0 Å². The first-order chi connectivity index (χ1) is 19.8. The summed E-state index contributed by atoms with van der Waals surface area (Å²) in [4.78, 5) is 0. The molecule has 0 bridgehead atoms. The second kappa shape index (κ2) is 13.2. The molecule has 0 radical (unpaired) electrons. The fourth-order valence-corrected chi connectivity index (χ4v) is 17.8. The van der Waals surface area contributed by atoms with E-state index >= 15 is 0 Å². The van der Waals surface area contributed by atoms with Crippen molar-refractivity contribution in [2.75, 3.05) is 0 Å². The Morgan fingerprint density at radius 1 is 0.366 bits per heavy atom. The fraction of sp³-hybridized carbons (Fsp3) is 0.0263. The Kier molecular flexibility index (Phi) is 9.41. The first-order valence-electron chi connectivity index (χ1n) is 13.8. The van der Waals surface area contributed by atoms with E-state index in [9.17, 15) is 0 Å². The predicted molar refractivity (Wildman–Crippen MR) is 181 cm³/mol. The first kappa shape index (κ1) is 29.3. The smallest absolute Gasteiger partial charge is 0.140 e. The van der Waals surface area contributed by atoms with Crippen molar-refractivity contribution in [1.29, 1.82) is 0 Å². The molecular weight excluding hydrogens is 645 g/mol. The zero-order valence-electron chi connectivity index (χ0n) is 23.1. The number of hydrogen-bond donors (Lipinski definition) is 0. The molecule has 0 aliphatic rings. The van der Waals surface area contributed by atoms with Crippen LogP contribution in [0.1, 0.15) is 6.92 Å². The summed E-state index contributed by atoms with van der Waals surface area (Å²) in [5.41, 5.74) is 0. The highest BCUT2D eigenvalue weighted by Gasteiger charge is 2.52. The Hall–Kier alpha value is -3.22. The van der Waals surface area contributed by atoms with E-state index in [-0.39, 0.29) is 24.0 Å². The molecule has 0 saturated carbocycles. The topological polar surface area (TPSA) is 0 Å². The Balaban J connectivity index is 0.00000337. The van der Waals surface area contributed by atoms with Crippen LogP contribution in [0.2, 0.25) is 0 Å². The molecule has 0 aromatic heterocycles. The SMILES string of the molecule is CC(=P(c1ccccc1)(c1ccccc1)c1ccccc1)[P+](c1ccccc1)(c1ccccc1)c1ccccc1.[I-]. The third-order valence-electron chi connectivity index (χ3n) is 7.83. The highest BCUT2D eigenvalue weighted by molar-refractivity contribution is 8.20.